The van der Waals surface area contributed by atoms with Crippen molar-refractivity contribution in [1.82, 2.24) is 15.0 Å². The van der Waals surface area contributed by atoms with E-state index < -0.39 is 0 Å². The van der Waals surface area contributed by atoms with E-state index in [9.17, 15) is 0 Å². The van der Waals surface area contributed by atoms with E-state index in [-0.39, 0.29) is 0 Å². The van der Waals surface area contributed by atoms with E-state index >= 15 is 0 Å². The molecule has 0 aliphatic rings. The summed E-state index contributed by atoms with van der Waals surface area (Å²) in [5, 5.41) is 8.02. The molecule has 0 unspecified atom stereocenters. The summed E-state index contributed by atoms with van der Waals surface area (Å²) in [5.74, 6) is 0. The summed E-state index contributed by atoms with van der Waals surface area (Å²) < 4.78 is 0. The van der Waals surface area contributed by atoms with Crippen LogP contribution in [0, 0.1) is 7.05 Å². The van der Waals surface area contributed by atoms with E-state index in [1.807, 2.05) is 24.3 Å². The van der Waals surface area contributed by atoms with Crippen LogP contribution in [0.1, 0.15) is 0 Å². The molecule has 0 fully saturated rings. The molecule has 0 bridgehead atoms. The van der Waals surface area contributed by atoms with E-state index in [1.165, 1.54) is 4.80 Å². The first kappa shape index (κ1) is 5.41. The topological polar surface area (TPSA) is 30.7 Å². The van der Waals surface area contributed by atoms with Gasteiger partial charge in [-0.3, -0.25) is 0 Å². The second kappa shape index (κ2) is 1.80. The van der Waals surface area contributed by atoms with Crippen LogP contribution < -0.4 is 0 Å². The Bertz CT molecular complexity index is 317. The van der Waals surface area contributed by atoms with Crippen LogP contribution in [0.25, 0.3) is 11.0 Å². The molecule has 0 amide bonds. The molecule has 49 valence electrons. The summed E-state index contributed by atoms with van der Waals surface area (Å²) in [4.78, 5) is 1.32. The van der Waals surface area contributed by atoms with Gasteiger partial charge in [0.2, 0.25) is 0 Å². The average Bonchev–Trinajstić information content (AvgIpc) is 2.27. The normalized spacial score (nSPS) is 10.5. The van der Waals surface area contributed by atoms with E-state index in [4.69, 9.17) is 0 Å². The largest absolute Gasteiger partial charge is 0.182 e. The third-order valence-corrected chi connectivity index (χ3v) is 1.33. The Morgan fingerprint density at radius 2 is 1.60 bits per heavy atom. The molecule has 1 aromatic heterocycles. The van der Waals surface area contributed by atoms with Crippen molar-refractivity contribution in [3.8, 4) is 0 Å². The molecule has 3 nitrogen and oxygen atoms in total. The van der Waals surface area contributed by atoms with Gasteiger partial charge in [-0.1, -0.05) is 12.1 Å². The van der Waals surface area contributed by atoms with Crippen LogP contribution in [0.15, 0.2) is 24.3 Å². The molecule has 2 aromatic rings. The Morgan fingerprint density at radius 1 is 1.10 bits per heavy atom. The van der Waals surface area contributed by atoms with Gasteiger partial charge in [-0.15, -0.1) is 0 Å². The van der Waals surface area contributed by atoms with Crippen LogP contribution in [0.3, 0.4) is 0 Å². The van der Waals surface area contributed by atoms with Gasteiger partial charge in [0, 0.05) is 0 Å². The summed E-state index contributed by atoms with van der Waals surface area (Å²) in [7, 11) is 3.55. The molecular formula is C7H6N3. The Hall–Kier alpha value is -1.38. The molecule has 0 atom stereocenters. The molecule has 2 rings (SSSR count). The Kier molecular flexibility index (Phi) is 0.974. The number of benzene rings is 1. The van der Waals surface area contributed by atoms with Crippen LogP contribution in [0.4, 0.5) is 0 Å². The molecular weight excluding hydrogens is 126 g/mol. The minimum atomic E-state index is 0.887. The maximum atomic E-state index is 4.01. The fourth-order valence-corrected chi connectivity index (χ4v) is 0.904. The highest BCUT2D eigenvalue weighted by molar-refractivity contribution is 5.72. The fraction of sp³-hybridized carbons (Fsp3) is 0. The highest BCUT2D eigenvalue weighted by Gasteiger charge is 1.94. The molecule has 1 heterocycles. The van der Waals surface area contributed by atoms with Crippen LogP contribution in [-0.2, 0) is 0 Å². The number of hydrogen-bond donors (Lipinski definition) is 0. The van der Waals surface area contributed by atoms with Gasteiger partial charge in [0.15, 0.2) is 0 Å². The zero-order valence-electron chi connectivity index (χ0n) is 5.36. The first-order valence-corrected chi connectivity index (χ1v) is 2.99. The molecule has 10 heavy (non-hydrogen) atoms. The number of aromatic nitrogens is 3. The fourth-order valence-electron chi connectivity index (χ4n) is 0.904. The number of rotatable bonds is 0. The summed E-state index contributed by atoms with van der Waals surface area (Å²) in [5.41, 5.74) is 1.77. The first-order valence-electron chi connectivity index (χ1n) is 2.99. The zero-order chi connectivity index (χ0) is 6.97. The van der Waals surface area contributed by atoms with Crippen LogP contribution in [-0.4, -0.2) is 15.0 Å². The van der Waals surface area contributed by atoms with Crippen molar-refractivity contribution in [1.29, 1.82) is 0 Å². The third-order valence-electron chi connectivity index (χ3n) is 1.33. The maximum absolute atomic E-state index is 4.01. The van der Waals surface area contributed by atoms with Crippen molar-refractivity contribution in [3.63, 3.8) is 0 Å². The first-order chi connectivity index (χ1) is 4.86. The summed E-state index contributed by atoms with van der Waals surface area (Å²) in [6.45, 7) is 0. The maximum Gasteiger partial charge on any atom is 0.113 e. The second-order valence-electron chi connectivity index (χ2n) is 2.06. The van der Waals surface area contributed by atoms with Gasteiger partial charge in [-0.2, -0.15) is 15.0 Å². The van der Waals surface area contributed by atoms with Gasteiger partial charge < -0.3 is 0 Å². The highest BCUT2D eigenvalue weighted by Crippen LogP contribution is 2.05. The Morgan fingerprint density at radius 3 is 2.10 bits per heavy atom. The smallest absolute Gasteiger partial charge is 0.113 e. The van der Waals surface area contributed by atoms with Crippen molar-refractivity contribution in [3.05, 3.63) is 31.3 Å². The zero-order valence-corrected chi connectivity index (χ0v) is 5.36. The van der Waals surface area contributed by atoms with Crippen molar-refractivity contribution in [2.24, 2.45) is 0 Å². The van der Waals surface area contributed by atoms with Crippen molar-refractivity contribution >= 4 is 11.0 Å². The van der Waals surface area contributed by atoms with Crippen molar-refractivity contribution in [2.75, 3.05) is 0 Å². The lowest BCUT2D eigenvalue weighted by molar-refractivity contribution is 0.760. The van der Waals surface area contributed by atoms with E-state index in [0.29, 0.717) is 0 Å². The SMILES string of the molecule is [CH2]n1nc2ccccc2n1. The molecule has 1 aromatic carbocycles. The van der Waals surface area contributed by atoms with Crippen LogP contribution in [0.5, 0.6) is 0 Å². The number of hydrogen-bond acceptors (Lipinski definition) is 2. The Balaban J connectivity index is 2.88. The summed E-state index contributed by atoms with van der Waals surface area (Å²) in [6, 6.07) is 7.67. The number of nitrogens with zero attached hydrogens (tertiary/aromatic N) is 3. The van der Waals surface area contributed by atoms with Crippen LogP contribution in [0.2, 0.25) is 0 Å². The lowest BCUT2D eigenvalue weighted by atomic mass is 10.3. The highest BCUT2D eigenvalue weighted by atomic mass is 15.4. The molecule has 0 aliphatic carbocycles. The van der Waals surface area contributed by atoms with Crippen LogP contribution >= 0.6 is 0 Å². The van der Waals surface area contributed by atoms with Gasteiger partial charge in [-0.05, 0) is 12.1 Å². The van der Waals surface area contributed by atoms with Crippen molar-refractivity contribution < 1.29 is 0 Å². The minimum absolute atomic E-state index is 0.887. The molecule has 3 heteroatoms. The van der Waals surface area contributed by atoms with E-state index in [1.54, 1.807) is 0 Å². The predicted octanol–water partition coefficient (Wildman–Crippen LogP) is 1.07. The summed E-state index contributed by atoms with van der Waals surface area (Å²) >= 11 is 0. The van der Waals surface area contributed by atoms with Crippen molar-refractivity contribution in [2.45, 2.75) is 0 Å². The standard InChI is InChI=1S/C7H6N3/c1-10-8-6-4-2-3-5-7(6)9-10/h2-5H,1H2. The van der Waals surface area contributed by atoms with Gasteiger partial charge in [0.1, 0.15) is 11.0 Å². The van der Waals surface area contributed by atoms with Gasteiger partial charge in [0.05, 0.1) is 7.05 Å². The lowest BCUT2D eigenvalue weighted by Crippen LogP contribution is -1.87. The van der Waals surface area contributed by atoms with E-state index in [2.05, 4.69) is 17.2 Å². The second-order valence-corrected chi connectivity index (χ2v) is 2.06. The molecule has 0 spiro atoms. The Labute approximate surface area is 58.3 Å². The molecule has 0 N–H and O–H groups in total. The van der Waals surface area contributed by atoms with Gasteiger partial charge in [0.25, 0.3) is 0 Å². The third kappa shape index (κ3) is 0.673. The quantitative estimate of drug-likeness (QED) is 0.536. The summed E-state index contributed by atoms with van der Waals surface area (Å²) in [6.07, 6.45) is 0. The minimum Gasteiger partial charge on any atom is -0.182 e. The number of fused-ring (bicyclic) bond motifs is 1. The molecule has 0 aliphatic heterocycles. The molecule has 1 radical (unpaired) electrons. The lowest BCUT2D eigenvalue weighted by Gasteiger charge is -1.78. The van der Waals surface area contributed by atoms with Gasteiger partial charge in [-0.25, -0.2) is 0 Å². The molecule has 0 saturated carbocycles. The van der Waals surface area contributed by atoms with E-state index in [0.717, 1.165) is 11.0 Å². The van der Waals surface area contributed by atoms with Gasteiger partial charge >= 0.3 is 0 Å². The predicted molar refractivity (Wildman–Crippen MR) is 38.3 cm³/mol. The average molecular weight is 132 g/mol. The molecule has 0 saturated heterocycles. The monoisotopic (exact) mass is 132 g/mol.